The number of rotatable bonds is 3. The zero-order chi connectivity index (χ0) is 14.8. The molecule has 0 bridgehead atoms. The van der Waals surface area contributed by atoms with Crippen LogP contribution in [0.25, 0.3) is 0 Å². The van der Waals surface area contributed by atoms with Crippen LogP contribution in [0.15, 0.2) is 42.7 Å². The number of pyridine rings is 1. The Morgan fingerprint density at radius 3 is 2.50 bits per heavy atom. The molecule has 2 aromatic rings. The maximum atomic E-state index is 13.0. The van der Waals surface area contributed by atoms with Crippen molar-refractivity contribution >= 4 is 0 Å². The van der Waals surface area contributed by atoms with Crippen LogP contribution < -0.4 is 5.73 Å². The van der Waals surface area contributed by atoms with Crippen molar-refractivity contribution in [3.05, 3.63) is 65.0 Å². The number of halogens is 3. The molecule has 0 aliphatic rings. The molecule has 1 atom stereocenters. The maximum absolute atomic E-state index is 13.0. The van der Waals surface area contributed by atoms with Crippen molar-refractivity contribution in [1.29, 1.82) is 0 Å². The van der Waals surface area contributed by atoms with Gasteiger partial charge in [-0.25, -0.2) is 0 Å². The summed E-state index contributed by atoms with van der Waals surface area (Å²) in [7, 11) is 0. The third-order valence-corrected chi connectivity index (χ3v) is 3.26. The lowest BCUT2D eigenvalue weighted by atomic mass is 9.92. The van der Waals surface area contributed by atoms with Crippen LogP contribution in [-0.4, -0.2) is 4.98 Å². The number of nitrogens with zero attached hydrogens (tertiary/aromatic N) is 1. The summed E-state index contributed by atoms with van der Waals surface area (Å²) in [6.45, 7) is 1.92. The Balaban J connectivity index is 2.52. The van der Waals surface area contributed by atoms with Crippen LogP contribution in [0, 0.1) is 0 Å². The zero-order valence-corrected chi connectivity index (χ0v) is 11.0. The van der Waals surface area contributed by atoms with Gasteiger partial charge in [-0.3, -0.25) is 4.98 Å². The number of alkyl halides is 3. The van der Waals surface area contributed by atoms with Crippen molar-refractivity contribution in [1.82, 2.24) is 4.98 Å². The van der Waals surface area contributed by atoms with E-state index in [-0.39, 0.29) is 5.56 Å². The van der Waals surface area contributed by atoms with Crippen molar-refractivity contribution < 1.29 is 13.2 Å². The predicted molar refractivity (Wildman–Crippen MR) is 71.1 cm³/mol. The van der Waals surface area contributed by atoms with E-state index in [9.17, 15) is 13.2 Å². The van der Waals surface area contributed by atoms with E-state index in [2.05, 4.69) is 4.98 Å². The van der Waals surface area contributed by atoms with Gasteiger partial charge < -0.3 is 5.73 Å². The maximum Gasteiger partial charge on any atom is 0.416 e. The molecule has 1 unspecified atom stereocenters. The topological polar surface area (TPSA) is 38.9 Å². The summed E-state index contributed by atoms with van der Waals surface area (Å²) in [6, 6.07) is 6.28. The highest BCUT2D eigenvalue weighted by atomic mass is 19.4. The standard InChI is InChI=1S/C15H15F3N2/c1-2-10-9-20-8-7-11(10)14(19)12-5-3-4-6-13(12)15(16,17)18/h3-9,14H,2,19H2,1H3. The molecule has 2 N–H and O–H groups in total. The number of benzene rings is 1. The zero-order valence-electron chi connectivity index (χ0n) is 11.0. The molecule has 1 heterocycles. The molecule has 0 amide bonds. The average molecular weight is 280 g/mol. The van der Waals surface area contributed by atoms with E-state index in [0.717, 1.165) is 11.6 Å². The Bertz CT molecular complexity index is 594. The molecular formula is C15H15F3N2. The predicted octanol–water partition coefficient (Wildman–Crippen LogP) is 3.71. The summed E-state index contributed by atoms with van der Waals surface area (Å²) >= 11 is 0. The first-order chi connectivity index (χ1) is 9.45. The van der Waals surface area contributed by atoms with E-state index in [1.807, 2.05) is 6.92 Å². The molecule has 0 saturated carbocycles. The molecular weight excluding hydrogens is 265 g/mol. The van der Waals surface area contributed by atoms with Gasteiger partial charge in [-0.05, 0) is 35.2 Å². The highest BCUT2D eigenvalue weighted by molar-refractivity contribution is 5.40. The number of aromatic nitrogens is 1. The van der Waals surface area contributed by atoms with Crippen LogP contribution in [-0.2, 0) is 12.6 Å². The fourth-order valence-electron chi connectivity index (χ4n) is 2.23. The fraction of sp³-hybridized carbons (Fsp3) is 0.267. The van der Waals surface area contributed by atoms with Crippen molar-refractivity contribution in [2.75, 3.05) is 0 Å². The lowest BCUT2D eigenvalue weighted by Gasteiger charge is -2.20. The van der Waals surface area contributed by atoms with Gasteiger partial charge in [0.25, 0.3) is 0 Å². The number of hydrogen-bond donors (Lipinski definition) is 1. The van der Waals surface area contributed by atoms with Gasteiger partial charge in [0.1, 0.15) is 0 Å². The van der Waals surface area contributed by atoms with Crippen LogP contribution in [0.5, 0.6) is 0 Å². The molecule has 2 rings (SSSR count). The Labute approximate surface area is 115 Å². The van der Waals surface area contributed by atoms with Crippen LogP contribution in [0.3, 0.4) is 0 Å². The van der Waals surface area contributed by atoms with Crippen molar-refractivity contribution in [3.8, 4) is 0 Å². The third kappa shape index (κ3) is 2.82. The molecule has 0 saturated heterocycles. The minimum absolute atomic E-state index is 0.0842. The Morgan fingerprint density at radius 2 is 1.85 bits per heavy atom. The van der Waals surface area contributed by atoms with E-state index in [1.54, 1.807) is 24.5 Å². The van der Waals surface area contributed by atoms with Crippen LogP contribution >= 0.6 is 0 Å². The minimum atomic E-state index is -4.41. The monoisotopic (exact) mass is 280 g/mol. The number of nitrogens with two attached hydrogens (primary N) is 1. The smallest absolute Gasteiger partial charge is 0.320 e. The van der Waals surface area contributed by atoms with Gasteiger partial charge in [-0.15, -0.1) is 0 Å². The Morgan fingerprint density at radius 1 is 1.15 bits per heavy atom. The summed E-state index contributed by atoms with van der Waals surface area (Å²) in [5, 5.41) is 0. The van der Waals surface area contributed by atoms with Gasteiger partial charge in [0.15, 0.2) is 0 Å². The van der Waals surface area contributed by atoms with Crippen molar-refractivity contribution in [3.63, 3.8) is 0 Å². The quantitative estimate of drug-likeness (QED) is 0.930. The minimum Gasteiger partial charge on any atom is -0.320 e. The summed E-state index contributed by atoms with van der Waals surface area (Å²) in [6.07, 6.45) is -0.547. The van der Waals surface area contributed by atoms with E-state index in [4.69, 9.17) is 5.73 Å². The third-order valence-electron chi connectivity index (χ3n) is 3.26. The van der Waals surface area contributed by atoms with E-state index < -0.39 is 17.8 Å². The normalized spacial score (nSPS) is 13.2. The molecule has 20 heavy (non-hydrogen) atoms. The first-order valence-corrected chi connectivity index (χ1v) is 6.29. The van der Waals surface area contributed by atoms with Crippen LogP contribution in [0.4, 0.5) is 13.2 Å². The molecule has 106 valence electrons. The van der Waals surface area contributed by atoms with Gasteiger partial charge in [-0.1, -0.05) is 25.1 Å². The molecule has 0 aliphatic carbocycles. The second-order valence-electron chi connectivity index (χ2n) is 4.49. The molecule has 2 nitrogen and oxygen atoms in total. The molecule has 0 fully saturated rings. The number of hydrogen-bond acceptors (Lipinski definition) is 2. The molecule has 0 radical (unpaired) electrons. The summed E-state index contributed by atoms with van der Waals surface area (Å²) in [5.41, 5.74) is 7.00. The lowest BCUT2D eigenvalue weighted by molar-refractivity contribution is -0.138. The van der Waals surface area contributed by atoms with E-state index >= 15 is 0 Å². The van der Waals surface area contributed by atoms with E-state index in [0.29, 0.717) is 12.0 Å². The van der Waals surface area contributed by atoms with Gasteiger partial charge in [0.05, 0.1) is 11.6 Å². The SMILES string of the molecule is CCc1cnccc1C(N)c1ccccc1C(F)(F)F. The van der Waals surface area contributed by atoms with E-state index in [1.165, 1.54) is 12.1 Å². The van der Waals surface area contributed by atoms with Gasteiger partial charge in [0.2, 0.25) is 0 Å². The van der Waals surface area contributed by atoms with Crippen molar-refractivity contribution in [2.45, 2.75) is 25.6 Å². The highest BCUT2D eigenvalue weighted by Gasteiger charge is 2.34. The second kappa shape index (κ2) is 5.63. The first-order valence-electron chi connectivity index (χ1n) is 6.29. The van der Waals surface area contributed by atoms with Crippen LogP contribution in [0.2, 0.25) is 0 Å². The summed E-state index contributed by atoms with van der Waals surface area (Å²) in [4.78, 5) is 3.99. The van der Waals surface area contributed by atoms with Crippen LogP contribution in [0.1, 0.15) is 35.2 Å². The highest BCUT2D eigenvalue weighted by Crippen LogP contribution is 2.36. The van der Waals surface area contributed by atoms with Crippen molar-refractivity contribution in [2.24, 2.45) is 5.73 Å². The summed E-state index contributed by atoms with van der Waals surface area (Å²) < 4.78 is 39.1. The van der Waals surface area contributed by atoms with Gasteiger partial charge in [-0.2, -0.15) is 13.2 Å². The summed E-state index contributed by atoms with van der Waals surface area (Å²) in [5.74, 6) is 0. The second-order valence-corrected chi connectivity index (χ2v) is 4.49. The fourth-order valence-corrected chi connectivity index (χ4v) is 2.23. The largest absolute Gasteiger partial charge is 0.416 e. The lowest BCUT2D eigenvalue weighted by Crippen LogP contribution is -2.19. The first kappa shape index (κ1) is 14.5. The van der Waals surface area contributed by atoms with Gasteiger partial charge in [0, 0.05) is 12.4 Å². The Hall–Kier alpha value is -1.88. The molecule has 1 aromatic carbocycles. The molecule has 1 aromatic heterocycles. The molecule has 5 heteroatoms. The number of aryl methyl sites for hydroxylation is 1. The Kier molecular flexibility index (Phi) is 4.09. The molecule has 0 spiro atoms. The average Bonchev–Trinajstić information content (AvgIpc) is 2.45. The molecule has 0 aliphatic heterocycles. The van der Waals surface area contributed by atoms with Gasteiger partial charge >= 0.3 is 6.18 Å².